The van der Waals surface area contributed by atoms with Gasteiger partial charge in [-0.25, -0.2) is 4.79 Å². The van der Waals surface area contributed by atoms with Crippen molar-refractivity contribution in [1.82, 2.24) is 4.90 Å². The third-order valence-electron chi connectivity index (χ3n) is 2.14. The molecule has 16 heavy (non-hydrogen) atoms. The van der Waals surface area contributed by atoms with Crippen LogP contribution < -0.4 is 11.1 Å². The number of urea groups is 1. The van der Waals surface area contributed by atoms with Gasteiger partial charge in [-0.15, -0.1) is 0 Å². The second kappa shape index (κ2) is 6.27. The Labute approximate surface area is 100 Å². The summed E-state index contributed by atoms with van der Waals surface area (Å²) in [4.78, 5) is 13.3. The number of carbonyl (C=O) groups is 1. The van der Waals surface area contributed by atoms with Gasteiger partial charge >= 0.3 is 6.03 Å². The lowest BCUT2D eigenvalue weighted by molar-refractivity contribution is 0.225. The summed E-state index contributed by atoms with van der Waals surface area (Å²) in [6, 6.07) is 7.00. The van der Waals surface area contributed by atoms with Crippen molar-refractivity contribution >= 4 is 29.2 Å². The van der Waals surface area contributed by atoms with Crippen LogP contribution in [0.3, 0.4) is 0 Å². The maximum Gasteiger partial charge on any atom is 0.321 e. The van der Waals surface area contributed by atoms with Gasteiger partial charge in [-0.2, -0.15) is 11.8 Å². The largest absolute Gasteiger partial charge is 0.399 e. The van der Waals surface area contributed by atoms with Crippen molar-refractivity contribution in [2.45, 2.75) is 0 Å². The average molecular weight is 239 g/mol. The molecule has 1 rings (SSSR count). The number of thioether (sulfide) groups is 1. The first kappa shape index (κ1) is 12.7. The normalized spacial score (nSPS) is 9.88. The molecule has 0 saturated carbocycles. The predicted molar refractivity (Wildman–Crippen MR) is 70.9 cm³/mol. The molecule has 0 unspecified atom stereocenters. The Morgan fingerprint density at radius 3 is 2.62 bits per heavy atom. The van der Waals surface area contributed by atoms with E-state index in [1.54, 1.807) is 48.0 Å². The zero-order chi connectivity index (χ0) is 12.0. The van der Waals surface area contributed by atoms with Crippen LogP contribution in [-0.4, -0.2) is 36.5 Å². The molecule has 0 aliphatic heterocycles. The third-order valence-corrected chi connectivity index (χ3v) is 2.73. The summed E-state index contributed by atoms with van der Waals surface area (Å²) in [6.45, 7) is 0.738. The van der Waals surface area contributed by atoms with E-state index in [9.17, 15) is 4.79 Å². The van der Waals surface area contributed by atoms with Crippen molar-refractivity contribution in [3.05, 3.63) is 24.3 Å². The van der Waals surface area contributed by atoms with E-state index in [1.807, 2.05) is 6.26 Å². The van der Waals surface area contributed by atoms with Gasteiger partial charge in [-0.05, 0) is 30.5 Å². The fourth-order valence-corrected chi connectivity index (χ4v) is 1.57. The maximum atomic E-state index is 11.7. The topological polar surface area (TPSA) is 58.4 Å². The number of amides is 2. The Morgan fingerprint density at radius 1 is 1.44 bits per heavy atom. The fourth-order valence-electron chi connectivity index (χ4n) is 1.12. The van der Waals surface area contributed by atoms with E-state index >= 15 is 0 Å². The molecule has 0 saturated heterocycles. The van der Waals surface area contributed by atoms with Crippen LogP contribution in [0.5, 0.6) is 0 Å². The smallest absolute Gasteiger partial charge is 0.321 e. The predicted octanol–water partition coefficient (Wildman–Crippen LogP) is 2.10. The standard InChI is InChI=1S/C11H17N3OS/c1-14(7-8-16-2)11(15)13-10-5-3-9(12)4-6-10/h3-6H,7-8,12H2,1-2H3,(H,13,15). The number of hydrogen-bond acceptors (Lipinski definition) is 3. The number of nitrogens with two attached hydrogens (primary N) is 1. The number of nitrogens with zero attached hydrogens (tertiary/aromatic N) is 1. The summed E-state index contributed by atoms with van der Waals surface area (Å²) < 4.78 is 0. The van der Waals surface area contributed by atoms with Crippen LogP contribution in [0, 0.1) is 0 Å². The summed E-state index contributed by atoms with van der Waals surface area (Å²) in [6.07, 6.45) is 2.02. The van der Waals surface area contributed by atoms with Gasteiger partial charge in [0.2, 0.25) is 0 Å². The van der Waals surface area contributed by atoms with E-state index < -0.39 is 0 Å². The molecule has 0 radical (unpaired) electrons. The summed E-state index contributed by atoms with van der Waals surface area (Å²) in [7, 11) is 1.78. The molecule has 0 atom stereocenters. The number of hydrogen-bond donors (Lipinski definition) is 2. The van der Waals surface area contributed by atoms with Gasteiger partial charge in [0.05, 0.1) is 0 Å². The number of anilines is 2. The van der Waals surface area contributed by atoms with Crippen molar-refractivity contribution in [2.75, 3.05) is 36.7 Å². The molecule has 1 aromatic rings. The Balaban J connectivity index is 2.47. The minimum absolute atomic E-state index is 0.0983. The van der Waals surface area contributed by atoms with Gasteiger partial charge < -0.3 is 16.0 Å². The van der Waals surface area contributed by atoms with Crippen molar-refractivity contribution in [3.63, 3.8) is 0 Å². The molecule has 2 amide bonds. The molecule has 0 aliphatic carbocycles. The lowest BCUT2D eigenvalue weighted by Crippen LogP contribution is -2.33. The van der Waals surface area contributed by atoms with Crippen LogP contribution in [0.1, 0.15) is 0 Å². The highest BCUT2D eigenvalue weighted by Crippen LogP contribution is 2.10. The SMILES string of the molecule is CSCCN(C)C(=O)Nc1ccc(N)cc1. The van der Waals surface area contributed by atoms with Gasteiger partial charge in [0.15, 0.2) is 0 Å². The third kappa shape index (κ3) is 4.02. The van der Waals surface area contributed by atoms with E-state index in [0.717, 1.165) is 18.0 Å². The number of rotatable bonds is 4. The number of benzene rings is 1. The Hall–Kier alpha value is -1.36. The second-order valence-corrected chi connectivity index (χ2v) is 4.45. The van der Waals surface area contributed by atoms with Crippen molar-refractivity contribution < 1.29 is 4.79 Å². The maximum absolute atomic E-state index is 11.7. The zero-order valence-corrected chi connectivity index (χ0v) is 10.4. The highest BCUT2D eigenvalue weighted by atomic mass is 32.2. The molecular formula is C11H17N3OS. The van der Waals surface area contributed by atoms with Gasteiger partial charge in [0, 0.05) is 30.7 Å². The highest BCUT2D eigenvalue weighted by molar-refractivity contribution is 7.98. The van der Waals surface area contributed by atoms with Gasteiger partial charge in [-0.1, -0.05) is 0 Å². The van der Waals surface area contributed by atoms with Gasteiger partial charge in [-0.3, -0.25) is 0 Å². The molecule has 88 valence electrons. The van der Waals surface area contributed by atoms with Crippen LogP contribution in [0.2, 0.25) is 0 Å². The molecular weight excluding hydrogens is 222 g/mol. The molecule has 1 aromatic carbocycles. The Morgan fingerprint density at radius 2 is 2.06 bits per heavy atom. The van der Waals surface area contributed by atoms with Gasteiger partial charge in [0.25, 0.3) is 0 Å². The van der Waals surface area contributed by atoms with Crippen LogP contribution in [0.4, 0.5) is 16.2 Å². The van der Waals surface area contributed by atoms with Crippen molar-refractivity contribution in [3.8, 4) is 0 Å². The van der Waals surface area contributed by atoms with Crippen molar-refractivity contribution in [2.24, 2.45) is 0 Å². The number of nitrogen functional groups attached to an aromatic ring is 1. The first-order chi connectivity index (χ1) is 7.63. The molecule has 0 bridgehead atoms. The lowest BCUT2D eigenvalue weighted by atomic mass is 10.3. The van der Waals surface area contributed by atoms with E-state index in [4.69, 9.17) is 5.73 Å². The summed E-state index contributed by atoms with van der Waals surface area (Å²) >= 11 is 1.72. The number of carbonyl (C=O) groups excluding carboxylic acids is 1. The zero-order valence-electron chi connectivity index (χ0n) is 9.56. The van der Waals surface area contributed by atoms with Crippen LogP contribution in [0.15, 0.2) is 24.3 Å². The Bertz CT molecular complexity index is 340. The Kier molecular flexibility index (Phi) is 4.98. The molecule has 4 nitrogen and oxygen atoms in total. The minimum atomic E-state index is -0.0983. The molecule has 3 N–H and O–H groups in total. The molecule has 0 fully saturated rings. The number of nitrogens with one attached hydrogen (secondary N) is 1. The van der Waals surface area contributed by atoms with Crippen LogP contribution >= 0.6 is 11.8 Å². The molecule has 0 aliphatic rings. The quantitative estimate of drug-likeness (QED) is 0.791. The molecule has 0 aromatic heterocycles. The van der Waals surface area contributed by atoms with E-state index in [-0.39, 0.29) is 6.03 Å². The van der Waals surface area contributed by atoms with E-state index in [2.05, 4.69) is 5.32 Å². The van der Waals surface area contributed by atoms with Crippen LogP contribution in [0.25, 0.3) is 0 Å². The highest BCUT2D eigenvalue weighted by Gasteiger charge is 2.07. The lowest BCUT2D eigenvalue weighted by Gasteiger charge is -2.17. The van der Waals surface area contributed by atoms with E-state index in [0.29, 0.717) is 5.69 Å². The summed E-state index contributed by atoms with van der Waals surface area (Å²) in [5.74, 6) is 0.936. The summed E-state index contributed by atoms with van der Waals surface area (Å²) in [5.41, 5.74) is 7.01. The minimum Gasteiger partial charge on any atom is -0.399 e. The van der Waals surface area contributed by atoms with Crippen molar-refractivity contribution in [1.29, 1.82) is 0 Å². The first-order valence-electron chi connectivity index (χ1n) is 5.00. The monoisotopic (exact) mass is 239 g/mol. The second-order valence-electron chi connectivity index (χ2n) is 3.47. The molecule has 5 heteroatoms. The first-order valence-corrected chi connectivity index (χ1v) is 6.39. The van der Waals surface area contributed by atoms with Gasteiger partial charge in [0.1, 0.15) is 0 Å². The fraction of sp³-hybridized carbons (Fsp3) is 0.364. The molecule has 0 spiro atoms. The average Bonchev–Trinajstić information content (AvgIpc) is 2.29. The molecule has 0 heterocycles. The van der Waals surface area contributed by atoms with E-state index in [1.165, 1.54) is 0 Å². The van der Waals surface area contributed by atoms with Crippen LogP contribution in [-0.2, 0) is 0 Å². The summed E-state index contributed by atoms with van der Waals surface area (Å²) in [5, 5.41) is 2.80.